The molecule has 4 nitrogen and oxygen atoms in total. The normalized spacial score (nSPS) is 22.8. The molecule has 0 aliphatic carbocycles. The molecule has 2 aliphatic heterocycles. The standard InChI is InChI=1S/C14H15BrClNO3/c1-8(16)12-7-11(17-20-12)9-5-10(15)14-13(6-9)18-3-2-4-19-14/h5-6,8,12H,2-4,7H2,1H3. The van der Waals surface area contributed by atoms with E-state index in [-0.39, 0.29) is 11.5 Å². The molecule has 0 bridgehead atoms. The Morgan fingerprint density at radius 3 is 2.90 bits per heavy atom. The number of fused-ring (bicyclic) bond motifs is 1. The van der Waals surface area contributed by atoms with Crippen molar-refractivity contribution in [1.82, 2.24) is 0 Å². The van der Waals surface area contributed by atoms with E-state index in [4.69, 9.17) is 25.9 Å². The summed E-state index contributed by atoms with van der Waals surface area (Å²) in [5.74, 6) is 1.50. The second-order valence-corrected chi connectivity index (χ2v) is 6.44. The highest BCUT2D eigenvalue weighted by Crippen LogP contribution is 2.39. The Balaban J connectivity index is 1.88. The molecule has 0 aromatic heterocycles. The van der Waals surface area contributed by atoms with Gasteiger partial charge in [0, 0.05) is 18.4 Å². The van der Waals surface area contributed by atoms with Gasteiger partial charge in [-0.2, -0.15) is 0 Å². The van der Waals surface area contributed by atoms with Gasteiger partial charge in [-0.1, -0.05) is 5.16 Å². The van der Waals surface area contributed by atoms with Crippen molar-refractivity contribution in [2.45, 2.75) is 31.2 Å². The molecule has 0 saturated heterocycles. The number of hydrogen-bond donors (Lipinski definition) is 0. The van der Waals surface area contributed by atoms with Crippen LogP contribution in [0.3, 0.4) is 0 Å². The molecule has 2 aliphatic rings. The first-order chi connectivity index (χ1) is 9.65. The summed E-state index contributed by atoms with van der Waals surface area (Å²) in [6.07, 6.45) is 1.52. The molecular weight excluding hydrogens is 346 g/mol. The number of hydrogen-bond acceptors (Lipinski definition) is 4. The number of alkyl halides is 1. The van der Waals surface area contributed by atoms with E-state index in [1.54, 1.807) is 0 Å². The second kappa shape index (κ2) is 5.82. The maximum Gasteiger partial charge on any atom is 0.175 e. The first-order valence-corrected chi connectivity index (χ1v) is 7.84. The predicted octanol–water partition coefficient (Wildman–Crippen LogP) is 3.73. The molecule has 0 N–H and O–H groups in total. The number of ether oxygens (including phenoxy) is 2. The Bertz CT molecular complexity index is 547. The fourth-order valence-electron chi connectivity index (χ4n) is 2.21. The molecule has 1 aromatic carbocycles. The van der Waals surface area contributed by atoms with Crippen molar-refractivity contribution >= 4 is 33.2 Å². The fourth-order valence-corrected chi connectivity index (χ4v) is 2.90. The zero-order valence-corrected chi connectivity index (χ0v) is 13.4. The third-order valence-electron chi connectivity index (χ3n) is 3.34. The van der Waals surface area contributed by atoms with Crippen molar-refractivity contribution in [3.05, 3.63) is 22.2 Å². The molecule has 0 amide bonds. The van der Waals surface area contributed by atoms with E-state index in [0.29, 0.717) is 19.6 Å². The van der Waals surface area contributed by atoms with Crippen LogP contribution >= 0.6 is 27.5 Å². The molecule has 0 radical (unpaired) electrons. The zero-order chi connectivity index (χ0) is 14.1. The lowest BCUT2D eigenvalue weighted by Crippen LogP contribution is -2.18. The predicted molar refractivity (Wildman–Crippen MR) is 81.1 cm³/mol. The molecule has 0 saturated carbocycles. The van der Waals surface area contributed by atoms with Crippen LogP contribution in [0, 0.1) is 0 Å². The van der Waals surface area contributed by atoms with E-state index in [2.05, 4.69) is 21.1 Å². The Kier molecular flexibility index (Phi) is 4.08. The van der Waals surface area contributed by atoms with Gasteiger partial charge in [-0.3, -0.25) is 0 Å². The van der Waals surface area contributed by atoms with Gasteiger partial charge >= 0.3 is 0 Å². The number of rotatable bonds is 2. The Hall–Kier alpha value is -0.940. The minimum Gasteiger partial charge on any atom is -0.489 e. The average molecular weight is 361 g/mol. The number of halogens is 2. The van der Waals surface area contributed by atoms with E-state index >= 15 is 0 Å². The number of nitrogens with zero attached hydrogens (tertiary/aromatic N) is 1. The van der Waals surface area contributed by atoms with Gasteiger partial charge in [0.05, 0.1) is 28.8 Å². The van der Waals surface area contributed by atoms with Crippen LogP contribution < -0.4 is 9.47 Å². The van der Waals surface area contributed by atoms with Gasteiger partial charge in [-0.25, -0.2) is 0 Å². The van der Waals surface area contributed by atoms with Gasteiger partial charge in [0.15, 0.2) is 11.5 Å². The molecular formula is C14H15BrClNO3. The molecule has 0 spiro atoms. The quantitative estimate of drug-likeness (QED) is 0.755. The largest absolute Gasteiger partial charge is 0.489 e. The monoisotopic (exact) mass is 359 g/mol. The molecule has 6 heteroatoms. The minimum atomic E-state index is -0.0694. The summed E-state index contributed by atoms with van der Waals surface area (Å²) in [5, 5.41) is 4.07. The first kappa shape index (κ1) is 14.0. The summed E-state index contributed by atoms with van der Waals surface area (Å²) >= 11 is 9.58. The highest BCUT2D eigenvalue weighted by atomic mass is 79.9. The molecule has 2 unspecified atom stereocenters. The summed E-state index contributed by atoms with van der Waals surface area (Å²) in [4.78, 5) is 5.36. The summed E-state index contributed by atoms with van der Waals surface area (Å²) in [6, 6.07) is 3.94. The third-order valence-corrected chi connectivity index (χ3v) is 4.21. The molecule has 2 atom stereocenters. The van der Waals surface area contributed by atoms with Crippen molar-refractivity contribution < 1.29 is 14.3 Å². The molecule has 1 aromatic rings. The van der Waals surface area contributed by atoms with Crippen LogP contribution in [0.5, 0.6) is 11.5 Å². The van der Waals surface area contributed by atoms with Crippen molar-refractivity contribution in [3.8, 4) is 11.5 Å². The molecule has 2 heterocycles. The lowest BCUT2D eigenvalue weighted by atomic mass is 10.0. The van der Waals surface area contributed by atoms with Gasteiger partial charge in [0.25, 0.3) is 0 Å². The summed E-state index contributed by atoms with van der Waals surface area (Å²) < 4.78 is 12.3. The topological polar surface area (TPSA) is 40.0 Å². The van der Waals surface area contributed by atoms with Crippen LogP contribution in [0.25, 0.3) is 0 Å². The van der Waals surface area contributed by atoms with Crippen molar-refractivity contribution in [1.29, 1.82) is 0 Å². The summed E-state index contributed by atoms with van der Waals surface area (Å²) in [5.41, 5.74) is 1.86. The number of oxime groups is 1. The van der Waals surface area contributed by atoms with Crippen LogP contribution in [0.2, 0.25) is 0 Å². The highest BCUT2D eigenvalue weighted by Gasteiger charge is 2.27. The van der Waals surface area contributed by atoms with E-state index in [1.807, 2.05) is 19.1 Å². The van der Waals surface area contributed by atoms with Crippen LogP contribution in [-0.2, 0) is 4.84 Å². The van der Waals surface area contributed by atoms with Gasteiger partial charge in [0.1, 0.15) is 6.10 Å². The Morgan fingerprint density at radius 2 is 2.15 bits per heavy atom. The third kappa shape index (κ3) is 2.74. The smallest absolute Gasteiger partial charge is 0.175 e. The van der Waals surface area contributed by atoms with E-state index in [9.17, 15) is 0 Å². The van der Waals surface area contributed by atoms with Crippen molar-refractivity contribution in [2.24, 2.45) is 5.16 Å². The molecule has 20 heavy (non-hydrogen) atoms. The van der Waals surface area contributed by atoms with Crippen LogP contribution in [0.15, 0.2) is 21.8 Å². The SMILES string of the molecule is CC(Cl)C1CC(c2cc(Br)c3c(c2)OCCCO3)=NO1. The van der Waals surface area contributed by atoms with Crippen LogP contribution in [0.1, 0.15) is 25.3 Å². The van der Waals surface area contributed by atoms with E-state index < -0.39 is 0 Å². The maximum atomic E-state index is 6.05. The summed E-state index contributed by atoms with van der Waals surface area (Å²) in [6.45, 7) is 3.24. The Labute approximate surface area is 131 Å². The second-order valence-electron chi connectivity index (χ2n) is 4.90. The van der Waals surface area contributed by atoms with Gasteiger partial charge in [0.2, 0.25) is 0 Å². The molecule has 108 valence electrons. The first-order valence-electron chi connectivity index (χ1n) is 6.61. The minimum absolute atomic E-state index is 0.0681. The Morgan fingerprint density at radius 1 is 1.35 bits per heavy atom. The maximum absolute atomic E-state index is 6.05. The average Bonchev–Trinajstić information content (AvgIpc) is 2.79. The summed E-state index contributed by atoms with van der Waals surface area (Å²) in [7, 11) is 0. The van der Waals surface area contributed by atoms with Crippen LogP contribution in [-0.4, -0.2) is 30.4 Å². The fraction of sp³-hybridized carbons (Fsp3) is 0.500. The van der Waals surface area contributed by atoms with E-state index in [0.717, 1.165) is 33.7 Å². The van der Waals surface area contributed by atoms with Crippen LogP contribution in [0.4, 0.5) is 0 Å². The van der Waals surface area contributed by atoms with Gasteiger partial charge in [-0.15, -0.1) is 11.6 Å². The highest BCUT2D eigenvalue weighted by molar-refractivity contribution is 9.10. The van der Waals surface area contributed by atoms with Gasteiger partial charge in [-0.05, 0) is 35.0 Å². The lowest BCUT2D eigenvalue weighted by molar-refractivity contribution is 0.0855. The lowest BCUT2D eigenvalue weighted by Gasteiger charge is -2.12. The molecule has 3 rings (SSSR count). The van der Waals surface area contributed by atoms with Crippen molar-refractivity contribution in [3.63, 3.8) is 0 Å². The molecule has 0 fully saturated rings. The van der Waals surface area contributed by atoms with E-state index in [1.165, 1.54) is 0 Å². The van der Waals surface area contributed by atoms with Gasteiger partial charge < -0.3 is 14.3 Å². The number of benzene rings is 1. The van der Waals surface area contributed by atoms with Crippen molar-refractivity contribution in [2.75, 3.05) is 13.2 Å². The zero-order valence-electron chi connectivity index (χ0n) is 11.1.